The number of carbonyl (C=O) groups is 3. The number of ether oxygens (including phenoxy) is 2. The third-order valence-electron chi connectivity index (χ3n) is 7.94. The molecule has 3 atom stereocenters. The molecule has 10 nitrogen and oxygen atoms in total. The van der Waals surface area contributed by atoms with E-state index in [2.05, 4.69) is 10.0 Å². The Kier molecular flexibility index (Phi) is 10.7. The van der Waals surface area contributed by atoms with Gasteiger partial charge in [-0.3, -0.25) is 14.5 Å². The Labute approximate surface area is 287 Å². The third kappa shape index (κ3) is 9.48. The second kappa shape index (κ2) is 14.9. The largest absolute Gasteiger partial charge is 0.488 e. The fourth-order valence-electron chi connectivity index (χ4n) is 5.51. The summed E-state index contributed by atoms with van der Waals surface area (Å²) in [6.45, 7) is 7.07. The van der Waals surface area contributed by atoms with E-state index in [9.17, 15) is 22.8 Å². The van der Waals surface area contributed by atoms with Crippen molar-refractivity contribution in [1.82, 2.24) is 14.9 Å². The molecule has 0 unspecified atom stereocenters. The van der Waals surface area contributed by atoms with Crippen LogP contribution >= 0.6 is 0 Å². The molecule has 4 aromatic carbocycles. The zero-order valence-corrected chi connectivity index (χ0v) is 28.8. The molecule has 0 radical (unpaired) electrons. The van der Waals surface area contributed by atoms with E-state index < -0.39 is 51.7 Å². The number of hydrogen-bond acceptors (Lipinski definition) is 7. The van der Waals surface area contributed by atoms with Gasteiger partial charge in [-0.25, -0.2) is 17.9 Å². The van der Waals surface area contributed by atoms with Gasteiger partial charge in [0, 0.05) is 12.8 Å². The normalized spacial score (nSPS) is 16.8. The summed E-state index contributed by atoms with van der Waals surface area (Å²) in [5, 5.41) is 2.73. The minimum absolute atomic E-state index is 0.00861. The lowest BCUT2D eigenvalue weighted by Gasteiger charge is -2.28. The lowest BCUT2D eigenvalue weighted by molar-refractivity contribution is -0.130. The summed E-state index contributed by atoms with van der Waals surface area (Å²) < 4.78 is 40.2. The van der Waals surface area contributed by atoms with Crippen molar-refractivity contribution in [2.75, 3.05) is 6.54 Å². The van der Waals surface area contributed by atoms with Crippen molar-refractivity contribution in [2.45, 2.75) is 69.2 Å². The van der Waals surface area contributed by atoms with Gasteiger partial charge in [0.2, 0.25) is 5.91 Å². The third-order valence-corrected chi connectivity index (χ3v) is 9.30. The van der Waals surface area contributed by atoms with Crippen LogP contribution in [0.25, 0.3) is 11.1 Å². The van der Waals surface area contributed by atoms with E-state index in [0.717, 1.165) is 16.7 Å². The van der Waals surface area contributed by atoms with Gasteiger partial charge in [-0.1, -0.05) is 90.5 Å². The molecule has 1 aliphatic rings. The van der Waals surface area contributed by atoms with Crippen molar-refractivity contribution in [1.29, 1.82) is 0 Å². The molecule has 0 spiro atoms. The first-order valence-corrected chi connectivity index (χ1v) is 17.5. The van der Waals surface area contributed by atoms with Crippen LogP contribution in [0.2, 0.25) is 0 Å². The maximum atomic E-state index is 14.0. The number of sulfonamides is 1. The molecule has 4 aromatic rings. The first-order chi connectivity index (χ1) is 23.3. The smallest absolute Gasteiger partial charge is 0.411 e. The average Bonchev–Trinajstić information content (AvgIpc) is 3.49. The Bertz CT molecular complexity index is 1860. The van der Waals surface area contributed by atoms with Crippen molar-refractivity contribution in [3.8, 4) is 16.9 Å². The molecule has 1 fully saturated rings. The van der Waals surface area contributed by atoms with Gasteiger partial charge in [0.05, 0.1) is 11.4 Å². The maximum Gasteiger partial charge on any atom is 0.411 e. The lowest BCUT2D eigenvalue weighted by atomic mass is 10.0. The van der Waals surface area contributed by atoms with E-state index >= 15 is 0 Å². The SMILES string of the molecule is Cc1ccc(S(=O)(=O)NC(=O)[C@H](Cc2ccccc2)NC(=O)[C@@H]2C[C@H](Oc3ccc(-c4ccccc4)cc3)CN2C(=O)OC(C)(C)C)cc1. The fraction of sp³-hybridized carbons (Fsp3) is 0.289. The fourth-order valence-corrected chi connectivity index (χ4v) is 6.53. The van der Waals surface area contributed by atoms with Gasteiger partial charge < -0.3 is 14.8 Å². The van der Waals surface area contributed by atoms with E-state index in [1.807, 2.05) is 67.6 Å². The van der Waals surface area contributed by atoms with E-state index in [4.69, 9.17) is 9.47 Å². The van der Waals surface area contributed by atoms with E-state index in [0.29, 0.717) is 11.3 Å². The minimum Gasteiger partial charge on any atom is -0.488 e. The molecule has 11 heteroatoms. The molecule has 256 valence electrons. The van der Waals surface area contributed by atoms with Gasteiger partial charge in [0.25, 0.3) is 15.9 Å². The van der Waals surface area contributed by atoms with Crippen LogP contribution in [-0.2, 0) is 30.8 Å². The molecule has 1 heterocycles. The topological polar surface area (TPSA) is 131 Å². The summed E-state index contributed by atoms with van der Waals surface area (Å²) in [5.74, 6) is -0.983. The Hall–Kier alpha value is -5.16. The molecule has 49 heavy (non-hydrogen) atoms. The highest BCUT2D eigenvalue weighted by Gasteiger charge is 2.43. The van der Waals surface area contributed by atoms with Gasteiger partial charge in [0.1, 0.15) is 29.5 Å². The van der Waals surface area contributed by atoms with Crippen LogP contribution in [0, 0.1) is 6.92 Å². The zero-order chi connectivity index (χ0) is 35.2. The summed E-state index contributed by atoms with van der Waals surface area (Å²) in [5.41, 5.74) is 2.80. The number of aryl methyl sites for hydroxylation is 1. The van der Waals surface area contributed by atoms with Crippen LogP contribution in [0.4, 0.5) is 4.79 Å². The highest BCUT2D eigenvalue weighted by atomic mass is 32.2. The van der Waals surface area contributed by atoms with E-state index in [-0.39, 0.29) is 24.3 Å². The molecule has 0 aromatic heterocycles. The molecule has 1 aliphatic heterocycles. The second-order valence-electron chi connectivity index (χ2n) is 13.0. The van der Waals surface area contributed by atoms with Crippen molar-refractivity contribution < 1.29 is 32.3 Å². The van der Waals surface area contributed by atoms with Gasteiger partial charge in [0.15, 0.2) is 0 Å². The number of carbonyl (C=O) groups excluding carboxylic acids is 3. The summed E-state index contributed by atoms with van der Waals surface area (Å²) in [6.07, 6.45) is -1.14. The number of rotatable bonds is 10. The highest BCUT2D eigenvalue weighted by Crippen LogP contribution is 2.28. The quantitative estimate of drug-likeness (QED) is 0.221. The Morgan fingerprint density at radius 3 is 2.04 bits per heavy atom. The molecule has 1 saturated heterocycles. The van der Waals surface area contributed by atoms with Gasteiger partial charge in [-0.2, -0.15) is 0 Å². The zero-order valence-electron chi connectivity index (χ0n) is 28.0. The first kappa shape index (κ1) is 35.2. The standard InChI is InChI=1S/C38H41N3O7S/c1-26-15-21-32(22-16-26)49(45,46)40-35(42)33(23-27-11-7-5-8-12-27)39-36(43)34-24-31(25-41(34)37(44)48-38(2,3)4)47-30-19-17-29(18-20-30)28-13-9-6-10-14-28/h5-22,31,33-34H,23-25H2,1-4H3,(H,39,43)(H,40,42)/t31-,33-,34-/m0/s1. The van der Waals surface area contributed by atoms with Crippen LogP contribution in [0.15, 0.2) is 114 Å². The van der Waals surface area contributed by atoms with Crippen molar-refractivity contribution in [3.63, 3.8) is 0 Å². The maximum absolute atomic E-state index is 14.0. The number of hydrogen-bond donors (Lipinski definition) is 2. The Morgan fingerprint density at radius 1 is 0.837 bits per heavy atom. The van der Waals surface area contributed by atoms with Gasteiger partial charge in [-0.05, 0) is 68.7 Å². The highest BCUT2D eigenvalue weighted by molar-refractivity contribution is 7.90. The van der Waals surface area contributed by atoms with E-state index in [1.165, 1.54) is 17.0 Å². The van der Waals surface area contributed by atoms with Crippen molar-refractivity contribution in [2.24, 2.45) is 0 Å². The molecular formula is C38H41N3O7S. The summed E-state index contributed by atoms with van der Waals surface area (Å²) in [4.78, 5) is 42.1. The monoisotopic (exact) mass is 683 g/mol. The summed E-state index contributed by atoms with van der Waals surface area (Å²) in [7, 11) is -4.23. The van der Waals surface area contributed by atoms with E-state index in [1.54, 1.807) is 57.2 Å². The Balaban J connectivity index is 1.35. The summed E-state index contributed by atoms with van der Waals surface area (Å²) >= 11 is 0. The van der Waals surface area contributed by atoms with Crippen molar-refractivity contribution >= 4 is 27.9 Å². The number of nitrogens with one attached hydrogen (secondary N) is 2. The summed E-state index contributed by atoms with van der Waals surface area (Å²) in [6, 6.07) is 30.1. The predicted octanol–water partition coefficient (Wildman–Crippen LogP) is 5.65. The average molecular weight is 684 g/mol. The molecule has 5 rings (SSSR count). The Morgan fingerprint density at radius 2 is 1.43 bits per heavy atom. The second-order valence-corrected chi connectivity index (χ2v) is 14.7. The molecule has 3 amide bonds. The number of likely N-dealkylation sites (tertiary alicyclic amines) is 1. The molecular weight excluding hydrogens is 642 g/mol. The molecule has 0 aliphatic carbocycles. The van der Waals surface area contributed by atoms with Crippen LogP contribution in [0.3, 0.4) is 0 Å². The first-order valence-electron chi connectivity index (χ1n) is 16.1. The predicted molar refractivity (Wildman–Crippen MR) is 186 cm³/mol. The number of benzene rings is 4. The minimum atomic E-state index is -4.23. The van der Waals surface area contributed by atoms with Gasteiger partial charge >= 0.3 is 6.09 Å². The van der Waals surface area contributed by atoms with Crippen LogP contribution < -0.4 is 14.8 Å². The number of nitrogens with zero attached hydrogens (tertiary/aromatic N) is 1. The van der Waals surface area contributed by atoms with Gasteiger partial charge in [-0.15, -0.1) is 0 Å². The molecule has 0 saturated carbocycles. The number of amides is 3. The van der Waals surface area contributed by atoms with Crippen LogP contribution in [0.1, 0.15) is 38.3 Å². The molecule has 0 bridgehead atoms. The van der Waals surface area contributed by atoms with Crippen molar-refractivity contribution in [3.05, 3.63) is 120 Å². The lowest BCUT2D eigenvalue weighted by Crippen LogP contribution is -2.54. The van der Waals surface area contributed by atoms with Crippen LogP contribution in [-0.4, -0.2) is 61.6 Å². The van der Waals surface area contributed by atoms with Crippen LogP contribution in [0.5, 0.6) is 5.75 Å². The molecule has 2 N–H and O–H groups in total.